The number of hydrogen-bond donors (Lipinski definition) is 2. The Hall–Kier alpha value is -2.07. The summed E-state index contributed by atoms with van der Waals surface area (Å²) in [5, 5.41) is 7.95. The summed E-state index contributed by atoms with van der Waals surface area (Å²) in [7, 11) is -3.36. The molecule has 8 nitrogen and oxygen atoms in total. The molecule has 5 rings (SSSR count). The standard InChI is InChI=1S/C17H21FN6O2S/c1-2-10-7-11(23-27(25,26)12-3-4-12)8-17(10,18)16-22-21-14-9-20-15-13(24(14)16)5-6-19-15/h5-6,9-12,19,23H,2-4,7-8H2,1H3/t10-,11+,17+/m1/s1. The number of sulfonamides is 1. The van der Waals surface area contributed by atoms with E-state index in [0.29, 0.717) is 42.5 Å². The van der Waals surface area contributed by atoms with Gasteiger partial charge in [-0.2, -0.15) is 0 Å². The van der Waals surface area contributed by atoms with Gasteiger partial charge in [0.25, 0.3) is 0 Å². The normalized spacial score (nSPS) is 29.1. The van der Waals surface area contributed by atoms with Crippen LogP contribution in [-0.4, -0.2) is 44.3 Å². The second-order valence-corrected chi connectivity index (χ2v) is 9.65. The lowest BCUT2D eigenvalue weighted by atomic mass is 9.89. The molecule has 3 atom stereocenters. The molecular formula is C17H21FN6O2S. The quantitative estimate of drug-likeness (QED) is 0.691. The number of aromatic amines is 1. The van der Waals surface area contributed by atoms with Gasteiger partial charge in [0.15, 0.2) is 22.8 Å². The number of halogens is 1. The zero-order valence-corrected chi connectivity index (χ0v) is 15.7. The van der Waals surface area contributed by atoms with Crippen molar-refractivity contribution in [3.63, 3.8) is 0 Å². The molecule has 2 aliphatic carbocycles. The Labute approximate surface area is 155 Å². The largest absolute Gasteiger partial charge is 0.345 e. The summed E-state index contributed by atoms with van der Waals surface area (Å²) in [6.45, 7) is 1.92. The molecule has 0 bridgehead atoms. The molecule has 3 aromatic heterocycles. The van der Waals surface area contributed by atoms with Crippen molar-refractivity contribution in [2.75, 3.05) is 0 Å². The number of hydrogen-bond acceptors (Lipinski definition) is 5. The number of nitrogens with one attached hydrogen (secondary N) is 2. The third-order valence-electron chi connectivity index (χ3n) is 5.86. The maximum atomic E-state index is 16.4. The predicted octanol–water partition coefficient (Wildman–Crippen LogP) is 2.04. The maximum absolute atomic E-state index is 16.4. The summed E-state index contributed by atoms with van der Waals surface area (Å²) >= 11 is 0. The summed E-state index contributed by atoms with van der Waals surface area (Å²) in [6.07, 6.45) is 5.78. The highest BCUT2D eigenvalue weighted by molar-refractivity contribution is 7.90. The van der Waals surface area contributed by atoms with E-state index in [1.807, 2.05) is 13.0 Å². The van der Waals surface area contributed by atoms with Crippen LogP contribution in [0, 0.1) is 5.92 Å². The number of alkyl halides is 1. The van der Waals surface area contributed by atoms with Gasteiger partial charge in [-0.3, -0.25) is 4.40 Å². The molecule has 0 unspecified atom stereocenters. The molecule has 3 aromatic rings. The number of H-pyrrole nitrogens is 1. The highest BCUT2D eigenvalue weighted by Crippen LogP contribution is 2.48. The monoisotopic (exact) mass is 392 g/mol. The Kier molecular flexibility index (Phi) is 3.61. The van der Waals surface area contributed by atoms with Gasteiger partial charge >= 0.3 is 0 Å². The fourth-order valence-corrected chi connectivity index (χ4v) is 5.94. The fourth-order valence-electron chi connectivity index (χ4n) is 4.34. The lowest BCUT2D eigenvalue weighted by molar-refractivity contribution is 0.0927. The van der Waals surface area contributed by atoms with Crippen LogP contribution in [0.5, 0.6) is 0 Å². The van der Waals surface area contributed by atoms with E-state index in [9.17, 15) is 8.42 Å². The first-order valence-corrected chi connectivity index (χ1v) is 10.8. The van der Waals surface area contributed by atoms with Gasteiger partial charge in [0.1, 0.15) is 0 Å². The fraction of sp³-hybridized carbons (Fsp3) is 0.588. The van der Waals surface area contributed by atoms with E-state index in [0.717, 1.165) is 0 Å². The van der Waals surface area contributed by atoms with Gasteiger partial charge in [0, 0.05) is 24.6 Å². The van der Waals surface area contributed by atoms with E-state index in [4.69, 9.17) is 0 Å². The second kappa shape index (κ2) is 5.71. The van der Waals surface area contributed by atoms with Crippen molar-refractivity contribution in [2.45, 2.75) is 56.0 Å². The predicted molar refractivity (Wildman–Crippen MR) is 97.3 cm³/mol. The summed E-state index contributed by atoms with van der Waals surface area (Å²) in [5.74, 6) is -0.108. The van der Waals surface area contributed by atoms with Crippen molar-refractivity contribution < 1.29 is 12.8 Å². The van der Waals surface area contributed by atoms with Crippen LogP contribution in [-0.2, 0) is 15.7 Å². The summed E-state index contributed by atoms with van der Waals surface area (Å²) in [4.78, 5) is 7.28. The highest BCUT2D eigenvalue weighted by atomic mass is 32.2. The first-order chi connectivity index (χ1) is 12.9. The lowest BCUT2D eigenvalue weighted by Crippen LogP contribution is -2.36. The molecule has 2 N–H and O–H groups in total. The van der Waals surface area contributed by atoms with E-state index in [-0.39, 0.29) is 23.4 Å². The summed E-state index contributed by atoms with van der Waals surface area (Å²) in [6, 6.07) is 1.39. The molecule has 0 aromatic carbocycles. The third-order valence-corrected chi connectivity index (χ3v) is 7.87. The molecule has 27 heavy (non-hydrogen) atoms. The van der Waals surface area contributed by atoms with Crippen LogP contribution in [0.3, 0.4) is 0 Å². The molecule has 10 heteroatoms. The first-order valence-electron chi connectivity index (χ1n) is 9.30. The minimum atomic E-state index is -3.36. The average molecular weight is 392 g/mol. The molecule has 2 saturated carbocycles. The molecule has 2 fully saturated rings. The molecule has 0 amide bonds. The molecular weight excluding hydrogens is 371 g/mol. The molecule has 0 spiro atoms. The van der Waals surface area contributed by atoms with Gasteiger partial charge in [0.05, 0.1) is 17.0 Å². The van der Waals surface area contributed by atoms with E-state index >= 15 is 4.39 Å². The molecule has 0 aliphatic heterocycles. The SMILES string of the molecule is CC[C@@H]1C[C@H](NS(=O)(=O)C2CC2)C[C@@]1(F)c1nnc2cnc3[nH]ccc3n12. The third kappa shape index (κ3) is 2.57. The summed E-state index contributed by atoms with van der Waals surface area (Å²) < 4.78 is 45.4. The van der Waals surface area contributed by atoms with E-state index in [1.54, 1.807) is 16.8 Å². The van der Waals surface area contributed by atoms with Gasteiger partial charge in [-0.25, -0.2) is 22.5 Å². The Morgan fingerprint density at radius 2 is 2.22 bits per heavy atom. The van der Waals surface area contributed by atoms with Crippen molar-refractivity contribution >= 4 is 26.8 Å². The van der Waals surface area contributed by atoms with E-state index in [1.165, 1.54) is 0 Å². The zero-order valence-electron chi connectivity index (χ0n) is 14.9. The van der Waals surface area contributed by atoms with Crippen molar-refractivity contribution in [3.8, 4) is 0 Å². The second-order valence-electron chi connectivity index (χ2n) is 7.65. The lowest BCUT2D eigenvalue weighted by Gasteiger charge is -2.24. The van der Waals surface area contributed by atoms with Crippen molar-refractivity contribution in [3.05, 3.63) is 24.3 Å². The Bertz CT molecular complexity index is 1120. The highest BCUT2D eigenvalue weighted by Gasteiger charge is 2.53. The molecule has 2 aliphatic rings. The van der Waals surface area contributed by atoms with Gasteiger partial charge in [-0.1, -0.05) is 6.92 Å². The average Bonchev–Trinajstić information content (AvgIpc) is 3.11. The summed E-state index contributed by atoms with van der Waals surface area (Å²) in [5.41, 5.74) is 0.0627. The van der Waals surface area contributed by atoms with Crippen LogP contribution < -0.4 is 4.72 Å². The van der Waals surface area contributed by atoms with Crippen LogP contribution in [0.2, 0.25) is 0 Å². The maximum Gasteiger partial charge on any atom is 0.214 e. The number of fused-ring (bicyclic) bond motifs is 3. The van der Waals surface area contributed by atoms with Crippen LogP contribution in [0.15, 0.2) is 18.5 Å². The van der Waals surface area contributed by atoms with E-state index < -0.39 is 21.7 Å². The first kappa shape index (κ1) is 17.1. The Morgan fingerprint density at radius 1 is 1.41 bits per heavy atom. The Morgan fingerprint density at radius 3 is 2.96 bits per heavy atom. The van der Waals surface area contributed by atoms with Crippen molar-refractivity contribution in [1.82, 2.24) is 29.3 Å². The molecule has 144 valence electrons. The smallest absolute Gasteiger partial charge is 0.214 e. The molecule has 0 saturated heterocycles. The van der Waals surface area contributed by atoms with Gasteiger partial charge in [-0.05, 0) is 31.7 Å². The van der Waals surface area contributed by atoms with Crippen molar-refractivity contribution in [2.24, 2.45) is 5.92 Å². The number of rotatable bonds is 5. The zero-order chi connectivity index (χ0) is 18.8. The number of aromatic nitrogens is 5. The van der Waals surface area contributed by atoms with Crippen LogP contribution >= 0.6 is 0 Å². The van der Waals surface area contributed by atoms with Gasteiger partial charge in [0.2, 0.25) is 10.0 Å². The van der Waals surface area contributed by atoms with Crippen LogP contribution in [0.1, 0.15) is 44.9 Å². The molecule has 3 heterocycles. The van der Waals surface area contributed by atoms with Crippen LogP contribution in [0.25, 0.3) is 16.8 Å². The van der Waals surface area contributed by atoms with Crippen LogP contribution in [0.4, 0.5) is 4.39 Å². The van der Waals surface area contributed by atoms with E-state index in [2.05, 4.69) is 24.9 Å². The van der Waals surface area contributed by atoms with Crippen molar-refractivity contribution in [1.29, 1.82) is 0 Å². The topological polar surface area (TPSA) is 105 Å². The minimum Gasteiger partial charge on any atom is -0.345 e. The molecule has 0 radical (unpaired) electrons. The van der Waals surface area contributed by atoms with Gasteiger partial charge in [-0.15, -0.1) is 10.2 Å². The number of nitrogens with zero attached hydrogens (tertiary/aromatic N) is 4. The minimum absolute atomic E-state index is 0.0620. The Balaban J connectivity index is 1.56. The van der Waals surface area contributed by atoms with Gasteiger partial charge < -0.3 is 4.98 Å².